The molecule has 0 radical (unpaired) electrons. The molecular weight excluding hydrogens is 188 g/mol. The van der Waals surface area contributed by atoms with Gasteiger partial charge >= 0.3 is 5.97 Å². The number of likely N-dealkylation sites (N-methyl/N-ethyl adjacent to an activating group) is 2. The van der Waals surface area contributed by atoms with Crippen molar-refractivity contribution in [3.05, 3.63) is 0 Å². The van der Waals surface area contributed by atoms with Crippen molar-refractivity contribution in [2.75, 3.05) is 27.2 Å². The highest BCUT2D eigenvalue weighted by Crippen LogP contribution is 1.86. The maximum absolute atomic E-state index is 11.0. The summed E-state index contributed by atoms with van der Waals surface area (Å²) in [6.45, 7) is 0.874. The second-order valence-electron chi connectivity index (χ2n) is 2.71. The van der Waals surface area contributed by atoms with Gasteiger partial charge in [0.2, 0.25) is 5.91 Å². The molecule has 6 nitrogen and oxygen atoms in total. The van der Waals surface area contributed by atoms with E-state index in [2.05, 4.69) is 10.1 Å². The summed E-state index contributed by atoms with van der Waals surface area (Å²) < 4.78 is 4.57. The molecule has 0 aromatic carbocycles. The molecule has 1 N–H and O–H groups in total. The Balaban J connectivity index is 3.76. The van der Waals surface area contributed by atoms with Crippen molar-refractivity contribution in [3.8, 4) is 0 Å². The van der Waals surface area contributed by atoms with Crippen molar-refractivity contribution < 1.29 is 19.1 Å². The molecular formula is C8H14N2O4. The molecule has 6 heteroatoms. The van der Waals surface area contributed by atoms with Gasteiger partial charge in [-0.15, -0.1) is 0 Å². The minimum Gasteiger partial charge on any atom is -0.454 e. The third kappa shape index (κ3) is 5.13. The van der Waals surface area contributed by atoms with E-state index in [4.69, 9.17) is 0 Å². The molecule has 0 saturated heterocycles. The van der Waals surface area contributed by atoms with Crippen molar-refractivity contribution in [2.45, 2.75) is 6.92 Å². The molecule has 0 atom stereocenters. The van der Waals surface area contributed by atoms with Gasteiger partial charge in [0.1, 0.15) is 6.54 Å². The number of nitrogens with zero attached hydrogens (tertiary/aromatic N) is 1. The zero-order chi connectivity index (χ0) is 11.1. The van der Waals surface area contributed by atoms with Crippen LogP contribution in [0.4, 0.5) is 0 Å². The van der Waals surface area contributed by atoms with E-state index < -0.39 is 5.97 Å². The molecule has 0 bridgehead atoms. The van der Waals surface area contributed by atoms with Gasteiger partial charge < -0.3 is 15.0 Å². The van der Waals surface area contributed by atoms with E-state index in [0.29, 0.717) is 0 Å². The highest BCUT2D eigenvalue weighted by atomic mass is 16.5. The first kappa shape index (κ1) is 12.4. The average Bonchev–Trinajstić information content (AvgIpc) is 2.13. The molecule has 0 aromatic heterocycles. The predicted octanol–water partition coefficient (Wildman–Crippen LogP) is -1.25. The van der Waals surface area contributed by atoms with Crippen LogP contribution in [0.2, 0.25) is 0 Å². The molecule has 0 aliphatic carbocycles. The molecule has 0 aliphatic heterocycles. The Morgan fingerprint density at radius 2 is 1.93 bits per heavy atom. The lowest BCUT2D eigenvalue weighted by atomic mass is 10.5. The number of esters is 1. The second-order valence-corrected chi connectivity index (χ2v) is 2.71. The van der Waals surface area contributed by atoms with E-state index in [9.17, 15) is 14.4 Å². The van der Waals surface area contributed by atoms with Crippen LogP contribution in [-0.4, -0.2) is 49.9 Å². The van der Waals surface area contributed by atoms with Crippen LogP contribution in [0.15, 0.2) is 0 Å². The third-order valence-electron chi connectivity index (χ3n) is 1.55. The number of carbonyl (C=O) groups is 3. The summed E-state index contributed by atoms with van der Waals surface area (Å²) in [6.07, 6.45) is 0. The fourth-order valence-corrected chi connectivity index (χ4v) is 0.569. The van der Waals surface area contributed by atoms with E-state index in [1.54, 1.807) is 0 Å². The lowest BCUT2D eigenvalue weighted by molar-refractivity contribution is -0.151. The van der Waals surface area contributed by atoms with Gasteiger partial charge in [-0.25, -0.2) is 0 Å². The monoisotopic (exact) mass is 202 g/mol. The van der Waals surface area contributed by atoms with Crippen molar-refractivity contribution in [3.63, 3.8) is 0 Å². The van der Waals surface area contributed by atoms with E-state index in [0.717, 1.165) is 0 Å². The van der Waals surface area contributed by atoms with E-state index in [-0.39, 0.29) is 25.0 Å². The van der Waals surface area contributed by atoms with Crippen molar-refractivity contribution in [1.29, 1.82) is 0 Å². The van der Waals surface area contributed by atoms with Gasteiger partial charge in [-0.2, -0.15) is 0 Å². The molecule has 80 valence electrons. The van der Waals surface area contributed by atoms with Crippen molar-refractivity contribution in [2.24, 2.45) is 0 Å². The number of carbonyl (C=O) groups excluding carboxylic acids is 3. The number of nitrogens with one attached hydrogen (secondary N) is 1. The first-order valence-corrected chi connectivity index (χ1v) is 4.05. The average molecular weight is 202 g/mol. The van der Waals surface area contributed by atoms with Crippen LogP contribution in [0.5, 0.6) is 0 Å². The van der Waals surface area contributed by atoms with Crippen LogP contribution in [0.3, 0.4) is 0 Å². The molecule has 2 amide bonds. The lowest BCUT2D eigenvalue weighted by Crippen LogP contribution is -2.33. The summed E-state index contributed by atoms with van der Waals surface area (Å²) in [5.41, 5.74) is 0. The Bertz CT molecular complexity index is 239. The summed E-state index contributed by atoms with van der Waals surface area (Å²) in [5.74, 6) is -1.22. The summed E-state index contributed by atoms with van der Waals surface area (Å²) in [5, 5.41) is 2.30. The Kier molecular flexibility index (Phi) is 5.28. The SMILES string of the molecule is CNC(=O)COC(=O)CN(C)C(C)=O. The first-order chi connectivity index (χ1) is 6.47. The van der Waals surface area contributed by atoms with Crippen LogP contribution < -0.4 is 5.32 Å². The smallest absolute Gasteiger partial charge is 0.326 e. The molecule has 0 spiro atoms. The van der Waals surface area contributed by atoms with Crippen LogP contribution >= 0.6 is 0 Å². The molecule has 0 aromatic rings. The molecule has 0 heterocycles. The topological polar surface area (TPSA) is 75.7 Å². The standard InChI is InChI=1S/C8H14N2O4/c1-6(11)10(3)4-8(13)14-5-7(12)9-2/h4-5H2,1-3H3,(H,9,12). The van der Waals surface area contributed by atoms with Crippen LogP contribution in [-0.2, 0) is 19.1 Å². The molecule has 14 heavy (non-hydrogen) atoms. The molecule has 0 rings (SSSR count). The van der Waals surface area contributed by atoms with Gasteiger partial charge in [-0.3, -0.25) is 14.4 Å². The maximum atomic E-state index is 11.0. The number of rotatable bonds is 4. The van der Waals surface area contributed by atoms with Crippen LogP contribution in [0.25, 0.3) is 0 Å². The van der Waals surface area contributed by atoms with Crippen LogP contribution in [0, 0.1) is 0 Å². The number of hydrogen-bond donors (Lipinski definition) is 1. The fraction of sp³-hybridized carbons (Fsp3) is 0.625. The highest BCUT2D eigenvalue weighted by Gasteiger charge is 2.10. The van der Waals surface area contributed by atoms with Gasteiger partial charge in [0.25, 0.3) is 5.91 Å². The summed E-state index contributed by atoms with van der Waals surface area (Å²) >= 11 is 0. The third-order valence-corrected chi connectivity index (χ3v) is 1.55. The van der Waals surface area contributed by atoms with Gasteiger partial charge in [-0.1, -0.05) is 0 Å². The number of amides is 2. The van der Waals surface area contributed by atoms with E-state index in [1.807, 2.05) is 0 Å². The minimum atomic E-state index is -0.605. The largest absolute Gasteiger partial charge is 0.454 e. The van der Waals surface area contributed by atoms with Gasteiger partial charge in [0.05, 0.1) is 0 Å². The number of ether oxygens (including phenoxy) is 1. The lowest BCUT2D eigenvalue weighted by Gasteiger charge is -2.13. The Labute approximate surface area is 82.2 Å². The zero-order valence-corrected chi connectivity index (χ0v) is 8.49. The Morgan fingerprint density at radius 3 is 2.36 bits per heavy atom. The predicted molar refractivity (Wildman–Crippen MR) is 48.3 cm³/mol. The minimum absolute atomic E-state index is 0.147. The van der Waals surface area contributed by atoms with E-state index >= 15 is 0 Å². The second kappa shape index (κ2) is 5.95. The molecule has 0 saturated carbocycles. The maximum Gasteiger partial charge on any atom is 0.326 e. The zero-order valence-electron chi connectivity index (χ0n) is 8.49. The normalized spacial score (nSPS) is 9.07. The molecule has 0 fully saturated rings. The van der Waals surface area contributed by atoms with Crippen molar-refractivity contribution >= 4 is 17.8 Å². The fourth-order valence-electron chi connectivity index (χ4n) is 0.569. The van der Waals surface area contributed by atoms with Crippen molar-refractivity contribution in [1.82, 2.24) is 10.2 Å². The van der Waals surface area contributed by atoms with Crippen LogP contribution in [0.1, 0.15) is 6.92 Å². The molecule has 0 unspecified atom stereocenters. The van der Waals surface area contributed by atoms with Gasteiger partial charge in [0.15, 0.2) is 6.61 Å². The Morgan fingerprint density at radius 1 is 1.36 bits per heavy atom. The summed E-state index contributed by atoms with van der Waals surface area (Å²) in [4.78, 5) is 33.6. The van der Waals surface area contributed by atoms with Gasteiger partial charge in [0, 0.05) is 21.0 Å². The number of hydrogen-bond acceptors (Lipinski definition) is 4. The summed E-state index contributed by atoms with van der Waals surface area (Å²) in [6, 6.07) is 0. The summed E-state index contributed by atoms with van der Waals surface area (Å²) in [7, 11) is 2.92. The highest BCUT2D eigenvalue weighted by molar-refractivity contribution is 5.83. The Hall–Kier alpha value is -1.59. The van der Waals surface area contributed by atoms with Gasteiger partial charge in [-0.05, 0) is 0 Å². The molecule has 0 aliphatic rings. The first-order valence-electron chi connectivity index (χ1n) is 4.05. The quantitative estimate of drug-likeness (QED) is 0.578. The van der Waals surface area contributed by atoms with E-state index in [1.165, 1.54) is 25.9 Å².